The zero-order chi connectivity index (χ0) is 20.0. The number of rotatable bonds is 7. The van der Waals surface area contributed by atoms with Crippen LogP contribution in [-0.2, 0) is 4.79 Å². The van der Waals surface area contributed by atoms with Crippen molar-refractivity contribution in [1.29, 1.82) is 0 Å². The lowest BCUT2D eigenvalue weighted by molar-refractivity contribution is -0.135. The van der Waals surface area contributed by atoms with Gasteiger partial charge < -0.3 is 19.7 Å². The van der Waals surface area contributed by atoms with Gasteiger partial charge in [-0.05, 0) is 30.9 Å². The van der Waals surface area contributed by atoms with Gasteiger partial charge in [-0.15, -0.1) is 0 Å². The zero-order valence-electron chi connectivity index (χ0n) is 17.1. The first-order valence-electron chi connectivity index (χ1n) is 9.68. The van der Waals surface area contributed by atoms with Gasteiger partial charge in [0.15, 0.2) is 0 Å². The molecule has 1 saturated carbocycles. The van der Waals surface area contributed by atoms with E-state index in [-0.39, 0.29) is 23.8 Å². The van der Waals surface area contributed by atoms with Crippen LogP contribution in [0.5, 0.6) is 11.5 Å². The molecule has 1 aromatic rings. The SMILES string of the molecule is COc1cc(OC)cc(C(=O)NC(C(=O)N(C)C2CCCCC2)C(C)C)c1. The highest BCUT2D eigenvalue weighted by atomic mass is 16.5. The Morgan fingerprint density at radius 2 is 1.59 bits per heavy atom. The molecule has 27 heavy (non-hydrogen) atoms. The molecule has 1 unspecified atom stereocenters. The van der Waals surface area contributed by atoms with Gasteiger partial charge in [-0.1, -0.05) is 33.1 Å². The first-order valence-corrected chi connectivity index (χ1v) is 9.68. The third-order valence-corrected chi connectivity index (χ3v) is 5.30. The average molecular weight is 376 g/mol. The molecule has 1 fully saturated rings. The molecule has 0 radical (unpaired) electrons. The van der Waals surface area contributed by atoms with E-state index < -0.39 is 6.04 Å². The maximum absolute atomic E-state index is 13.1. The third kappa shape index (κ3) is 5.37. The van der Waals surface area contributed by atoms with Crippen LogP contribution in [0.3, 0.4) is 0 Å². The molecule has 0 saturated heterocycles. The molecule has 1 atom stereocenters. The van der Waals surface area contributed by atoms with Crippen molar-refractivity contribution in [2.24, 2.45) is 5.92 Å². The number of likely N-dealkylation sites (N-methyl/N-ethyl adjacent to an activating group) is 1. The molecule has 1 N–H and O–H groups in total. The molecule has 1 aromatic carbocycles. The van der Waals surface area contributed by atoms with Crippen molar-refractivity contribution in [3.8, 4) is 11.5 Å². The molecular weight excluding hydrogens is 344 g/mol. The van der Waals surface area contributed by atoms with Crippen LogP contribution in [0.15, 0.2) is 18.2 Å². The topological polar surface area (TPSA) is 67.9 Å². The smallest absolute Gasteiger partial charge is 0.252 e. The van der Waals surface area contributed by atoms with E-state index in [0.717, 1.165) is 25.7 Å². The summed E-state index contributed by atoms with van der Waals surface area (Å²) in [6.07, 6.45) is 5.62. The maximum Gasteiger partial charge on any atom is 0.252 e. The number of nitrogens with one attached hydrogen (secondary N) is 1. The second-order valence-electron chi connectivity index (χ2n) is 7.54. The van der Waals surface area contributed by atoms with Crippen molar-refractivity contribution in [3.63, 3.8) is 0 Å². The summed E-state index contributed by atoms with van der Waals surface area (Å²) in [5.41, 5.74) is 0.407. The Labute approximate surface area is 162 Å². The Balaban J connectivity index is 2.15. The van der Waals surface area contributed by atoms with Crippen molar-refractivity contribution >= 4 is 11.8 Å². The first-order chi connectivity index (χ1) is 12.9. The third-order valence-electron chi connectivity index (χ3n) is 5.30. The number of hydrogen-bond donors (Lipinski definition) is 1. The predicted molar refractivity (Wildman–Crippen MR) is 105 cm³/mol. The van der Waals surface area contributed by atoms with E-state index in [1.54, 1.807) is 18.2 Å². The lowest BCUT2D eigenvalue weighted by atomic mass is 9.93. The fraction of sp³-hybridized carbons (Fsp3) is 0.619. The van der Waals surface area contributed by atoms with Crippen LogP contribution < -0.4 is 14.8 Å². The van der Waals surface area contributed by atoms with E-state index in [2.05, 4.69) is 5.32 Å². The highest BCUT2D eigenvalue weighted by Crippen LogP contribution is 2.24. The van der Waals surface area contributed by atoms with Gasteiger partial charge in [0.05, 0.1) is 14.2 Å². The monoisotopic (exact) mass is 376 g/mol. The zero-order valence-corrected chi connectivity index (χ0v) is 17.1. The summed E-state index contributed by atoms with van der Waals surface area (Å²) in [4.78, 5) is 27.7. The summed E-state index contributed by atoms with van der Waals surface area (Å²) >= 11 is 0. The number of nitrogens with zero attached hydrogens (tertiary/aromatic N) is 1. The molecule has 2 rings (SSSR count). The molecule has 0 bridgehead atoms. The maximum atomic E-state index is 13.1. The lowest BCUT2D eigenvalue weighted by Gasteiger charge is -2.35. The van der Waals surface area contributed by atoms with Crippen LogP contribution in [0.1, 0.15) is 56.3 Å². The summed E-state index contributed by atoms with van der Waals surface area (Å²) < 4.78 is 10.5. The van der Waals surface area contributed by atoms with Gasteiger partial charge in [0.1, 0.15) is 17.5 Å². The molecule has 1 aliphatic rings. The number of ether oxygens (including phenoxy) is 2. The molecule has 6 nitrogen and oxygen atoms in total. The van der Waals surface area contributed by atoms with E-state index in [9.17, 15) is 9.59 Å². The fourth-order valence-corrected chi connectivity index (χ4v) is 3.54. The quantitative estimate of drug-likeness (QED) is 0.793. The number of amides is 2. The Hall–Kier alpha value is -2.24. The minimum absolute atomic E-state index is 0.0139. The summed E-state index contributed by atoms with van der Waals surface area (Å²) in [6, 6.07) is 4.69. The molecule has 150 valence electrons. The van der Waals surface area contributed by atoms with Crippen LogP contribution in [-0.4, -0.2) is 50.1 Å². The summed E-state index contributed by atoms with van der Waals surface area (Å²) in [7, 11) is 4.93. The Kier molecular flexibility index (Phi) is 7.51. The van der Waals surface area contributed by atoms with Crippen LogP contribution >= 0.6 is 0 Å². The lowest BCUT2D eigenvalue weighted by Crippen LogP contribution is -2.53. The van der Waals surface area contributed by atoms with Gasteiger partial charge in [-0.25, -0.2) is 0 Å². The van der Waals surface area contributed by atoms with Gasteiger partial charge in [0.2, 0.25) is 5.91 Å². The van der Waals surface area contributed by atoms with Gasteiger partial charge in [-0.3, -0.25) is 9.59 Å². The highest BCUT2D eigenvalue weighted by Gasteiger charge is 2.31. The largest absolute Gasteiger partial charge is 0.497 e. The molecule has 1 aliphatic carbocycles. The van der Waals surface area contributed by atoms with E-state index in [4.69, 9.17) is 9.47 Å². The molecule has 0 aliphatic heterocycles. The minimum Gasteiger partial charge on any atom is -0.497 e. The van der Waals surface area contributed by atoms with Crippen molar-refractivity contribution in [2.75, 3.05) is 21.3 Å². The van der Waals surface area contributed by atoms with Crippen molar-refractivity contribution in [1.82, 2.24) is 10.2 Å². The Morgan fingerprint density at radius 3 is 2.07 bits per heavy atom. The molecule has 6 heteroatoms. The van der Waals surface area contributed by atoms with E-state index >= 15 is 0 Å². The number of carbonyl (C=O) groups excluding carboxylic acids is 2. The van der Waals surface area contributed by atoms with Crippen LogP contribution in [0.25, 0.3) is 0 Å². The second-order valence-corrected chi connectivity index (χ2v) is 7.54. The fourth-order valence-electron chi connectivity index (χ4n) is 3.54. The minimum atomic E-state index is -0.568. The van der Waals surface area contributed by atoms with Gasteiger partial charge in [0, 0.05) is 24.7 Å². The van der Waals surface area contributed by atoms with Gasteiger partial charge >= 0.3 is 0 Å². The normalized spacial score (nSPS) is 15.9. The standard InChI is InChI=1S/C21H32N2O4/c1-14(2)19(21(25)23(3)16-9-7-6-8-10-16)22-20(24)15-11-17(26-4)13-18(12-15)27-5/h11-14,16,19H,6-10H2,1-5H3,(H,22,24). The summed E-state index contributed by atoms with van der Waals surface area (Å²) in [6.45, 7) is 3.90. The summed E-state index contributed by atoms with van der Waals surface area (Å²) in [5.74, 6) is 0.717. The van der Waals surface area contributed by atoms with E-state index in [0.29, 0.717) is 17.1 Å². The van der Waals surface area contributed by atoms with E-state index in [1.807, 2.05) is 25.8 Å². The Morgan fingerprint density at radius 1 is 1.04 bits per heavy atom. The van der Waals surface area contributed by atoms with Crippen molar-refractivity contribution < 1.29 is 19.1 Å². The number of benzene rings is 1. The second kappa shape index (κ2) is 9.62. The average Bonchev–Trinajstić information content (AvgIpc) is 2.70. The van der Waals surface area contributed by atoms with Gasteiger partial charge in [0.25, 0.3) is 5.91 Å². The molecule has 2 amide bonds. The highest BCUT2D eigenvalue weighted by molar-refractivity contribution is 5.98. The summed E-state index contributed by atoms with van der Waals surface area (Å²) in [5, 5.41) is 2.91. The molecule has 0 aromatic heterocycles. The Bertz CT molecular complexity index is 631. The number of hydrogen-bond acceptors (Lipinski definition) is 4. The van der Waals surface area contributed by atoms with Crippen molar-refractivity contribution in [2.45, 2.75) is 58.0 Å². The number of carbonyl (C=O) groups is 2. The molecular formula is C21H32N2O4. The van der Waals surface area contributed by atoms with Crippen molar-refractivity contribution in [3.05, 3.63) is 23.8 Å². The number of methoxy groups -OCH3 is 2. The first kappa shape index (κ1) is 21.1. The molecule has 0 heterocycles. The van der Waals surface area contributed by atoms with E-state index in [1.165, 1.54) is 20.6 Å². The molecule has 0 spiro atoms. The van der Waals surface area contributed by atoms with Gasteiger partial charge in [-0.2, -0.15) is 0 Å². The predicted octanol–water partition coefficient (Wildman–Crippen LogP) is 3.25. The van der Waals surface area contributed by atoms with Crippen LogP contribution in [0.2, 0.25) is 0 Å². The van der Waals surface area contributed by atoms with Crippen LogP contribution in [0, 0.1) is 5.92 Å². The van der Waals surface area contributed by atoms with Crippen LogP contribution in [0.4, 0.5) is 0 Å².